The van der Waals surface area contributed by atoms with E-state index in [-0.39, 0.29) is 18.5 Å². The number of nitrogens with two attached hydrogens (primary N) is 1. The van der Waals surface area contributed by atoms with Crippen molar-refractivity contribution in [2.24, 2.45) is 16.1 Å². The standard InChI is InChI=1S/C21H26F2N2O2/c1-26-15-5-7-20(8-6-15)12-14-3-4-16(27-10-2-9-22)11-17(14)21(20)13-18(23)19(24)25-21/h3-4,11,13,15H,2,5-10,12H2,1H3,(H2,24,25)/i1D3. The molecule has 1 aromatic rings. The molecule has 0 radical (unpaired) electrons. The van der Waals surface area contributed by atoms with Gasteiger partial charge in [0.05, 0.1) is 23.5 Å². The predicted octanol–water partition coefficient (Wildman–Crippen LogP) is 3.98. The zero-order valence-electron chi connectivity index (χ0n) is 18.1. The first-order valence-electron chi connectivity index (χ1n) is 10.9. The van der Waals surface area contributed by atoms with E-state index in [1.807, 2.05) is 18.2 Å². The second-order valence-electron chi connectivity index (χ2n) is 7.74. The molecule has 0 amide bonds. The lowest BCUT2D eigenvalue weighted by molar-refractivity contribution is 0.00813. The summed E-state index contributed by atoms with van der Waals surface area (Å²) in [6.07, 6.45) is 4.52. The number of methoxy groups -OCH3 is 1. The van der Waals surface area contributed by atoms with Crippen molar-refractivity contribution in [3.8, 4) is 5.75 Å². The van der Waals surface area contributed by atoms with Gasteiger partial charge in [-0.3, -0.25) is 4.39 Å². The van der Waals surface area contributed by atoms with Gasteiger partial charge in [0.1, 0.15) is 11.3 Å². The van der Waals surface area contributed by atoms with Gasteiger partial charge < -0.3 is 15.2 Å². The zero-order valence-corrected chi connectivity index (χ0v) is 15.1. The quantitative estimate of drug-likeness (QED) is 0.788. The predicted molar refractivity (Wildman–Crippen MR) is 100 cm³/mol. The molecule has 0 bridgehead atoms. The monoisotopic (exact) mass is 379 g/mol. The minimum Gasteiger partial charge on any atom is -0.493 e. The van der Waals surface area contributed by atoms with Gasteiger partial charge >= 0.3 is 0 Å². The number of amidine groups is 1. The first-order valence-corrected chi connectivity index (χ1v) is 9.42. The van der Waals surface area contributed by atoms with Crippen LogP contribution >= 0.6 is 0 Å². The largest absolute Gasteiger partial charge is 0.493 e. The summed E-state index contributed by atoms with van der Waals surface area (Å²) in [4.78, 5) is 4.62. The van der Waals surface area contributed by atoms with Crippen molar-refractivity contribution in [2.45, 2.75) is 50.2 Å². The SMILES string of the molecule is [2H]C([2H])([2H])OC1CCC2(CC1)Cc1ccc(OCCCF)cc1C21C=C(F)C(N)=N1. The van der Waals surface area contributed by atoms with Crippen molar-refractivity contribution in [1.29, 1.82) is 0 Å². The highest BCUT2D eigenvalue weighted by molar-refractivity contribution is 5.98. The Morgan fingerprint density at radius 3 is 2.85 bits per heavy atom. The average molecular weight is 379 g/mol. The van der Waals surface area contributed by atoms with Gasteiger partial charge in [0.25, 0.3) is 0 Å². The van der Waals surface area contributed by atoms with Crippen molar-refractivity contribution in [3.63, 3.8) is 0 Å². The van der Waals surface area contributed by atoms with Crippen LogP contribution in [0.1, 0.15) is 47.3 Å². The molecule has 1 atom stereocenters. The summed E-state index contributed by atoms with van der Waals surface area (Å²) in [7, 11) is -2.43. The van der Waals surface area contributed by atoms with Crippen LogP contribution in [0.4, 0.5) is 8.78 Å². The molecule has 2 spiro atoms. The molecule has 2 aliphatic carbocycles. The summed E-state index contributed by atoms with van der Waals surface area (Å²) in [5.41, 5.74) is 6.41. The molecular formula is C21H26F2N2O2. The molecule has 27 heavy (non-hydrogen) atoms. The second kappa shape index (κ2) is 6.89. The van der Waals surface area contributed by atoms with Crippen LogP contribution < -0.4 is 10.5 Å². The topological polar surface area (TPSA) is 56.8 Å². The van der Waals surface area contributed by atoms with E-state index in [9.17, 15) is 8.78 Å². The summed E-state index contributed by atoms with van der Waals surface area (Å²) in [5, 5.41) is 0. The Bertz CT molecular complexity index is 859. The number of alkyl halides is 1. The lowest BCUT2D eigenvalue weighted by Crippen LogP contribution is -2.43. The van der Waals surface area contributed by atoms with Gasteiger partial charge in [-0.2, -0.15) is 0 Å². The number of hydrogen-bond acceptors (Lipinski definition) is 4. The summed E-state index contributed by atoms with van der Waals surface area (Å²) in [5.74, 6) is -0.0637. The summed E-state index contributed by atoms with van der Waals surface area (Å²) < 4.78 is 59.9. The third-order valence-corrected chi connectivity index (χ3v) is 6.31. The first-order chi connectivity index (χ1) is 14.2. The van der Waals surface area contributed by atoms with Crippen LogP contribution in [0.25, 0.3) is 0 Å². The smallest absolute Gasteiger partial charge is 0.163 e. The Kier molecular flexibility index (Phi) is 3.84. The van der Waals surface area contributed by atoms with E-state index in [1.54, 1.807) is 0 Å². The molecule has 4 rings (SSSR count). The second-order valence-corrected chi connectivity index (χ2v) is 7.74. The van der Waals surface area contributed by atoms with Crippen molar-refractivity contribution in [3.05, 3.63) is 41.2 Å². The molecule has 146 valence electrons. The highest BCUT2D eigenvalue weighted by Gasteiger charge is 2.59. The van der Waals surface area contributed by atoms with E-state index in [0.29, 0.717) is 44.3 Å². The molecule has 1 unspecified atom stereocenters. The number of rotatable bonds is 5. The molecule has 1 fully saturated rings. The third kappa shape index (κ3) is 2.85. The summed E-state index contributed by atoms with van der Waals surface area (Å²) >= 11 is 0. The van der Waals surface area contributed by atoms with Crippen LogP contribution in [-0.4, -0.2) is 32.3 Å². The number of fused-ring (bicyclic) bond motifs is 3. The maximum atomic E-state index is 14.5. The van der Waals surface area contributed by atoms with Gasteiger partial charge in [0.2, 0.25) is 0 Å². The molecule has 2 N–H and O–H groups in total. The van der Waals surface area contributed by atoms with Crippen molar-refractivity contribution >= 4 is 5.84 Å². The Morgan fingerprint density at radius 1 is 1.37 bits per heavy atom. The van der Waals surface area contributed by atoms with Gasteiger partial charge in [0.15, 0.2) is 11.7 Å². The van der Waals surface area contributed by atoms with E-state index >= 15 is 0 Å². The molecule has 0 saturated heterocycles. The van der Waals surface area contributed by atoms with Crippen molar-refractivity contribution < 1.29 is 22.4 Å². The van der Waals surface area contributed by atoms with Crippen LogP contribution in [0.3, 0.4) is 0 Å². The number of benzene rings is 1. The van der Waals surface area contributed by atoms with Crippen LogP contribution in [0, 0.1) is 5.41 Å². The van der Waals surface area contributed by atoms with Crippen LogP contribution in [0.2, 0.25) is 0 Å². The van der Waals surface area contributed by atoms with Crippen LogP contribution in [0.15, 0.2) is 35.1 Å². The van der Waals surface area contributed by atoms with E-state index in [1.165, 1.54) is 6.08 Å². The Labute approximate surface area is 162 Å². The van der Waals surface area contributed by atoms with E-state index < -0.39 is 30.5 Å². The third-order valence-electron chi connectivity index (χ3n) is 6.31. The molecule has 0 aromatic heterocycles. The fraction of sp³-hybridized carbons (Fsp3) is 0.571. The lowest BCUT2D eigenvalue weighted by atomic mass is 9.62. The van der Waals surface area contributed by atoms with Gasteiger partial charge in [-0.05, 0) is 61.4 Å². The molecule has 3 aliphatic rings. The van der Waals surface area contributed by atoms with Gasteiger partial charge in [0, 0.05) is 18.9 Å². The molecule has 1 saturated carbocycles. The van der Waals surface area contributed by atoms with Gasteiger partial charge in [-0.15, -0.1) is 0 Å². The highest BCUT2D eigenvalue weighted by atomic mass is 19.1. The summed E-state index contributed by atoms with van der Waals surface area (Å²) in [6.45, 7) is -0.191. The van der Waals surface area contributed by atoms with E-state index in [0.717, 1.165) is 11.1 Å². The fourth-order valence-corrected chi connectivity index (χ4v) is 4.95. The minimum absolute atomic E-state index is 0.119. The summed E-state index contributed by atoms with van der Waals surface area (Å²) in [6, 6.07) is 5.66. The van der Waals surface area contributed by atoms with Crippen LogP contribution in [-0.2, 0) is 16.7 Å². The van der Waals surface area contributed by atoms with E-state index in [2.05, 4.69) is 4.99 Å². The maximum Gasteiger partial charge on any atom is 0.163 e. The number of aliphatic imine (C=N–C) groups is 1. The van der Waals surface area contributed by atoms with E-state index in [4.69, 9.17) is 19.3 Å². The van der Waals surface area contributed by atoms with Crippen LogP contribution in [0.5, 0.6) is 5.75 Å². The highest BCUT2D eigenvalue weighted by Crippen LogP contribution is 2.62. The molecular weight excluding hydrogens is 350 g/mol. The molecule has 1 aromatic carbocycles. The minimum atomic E-state index is -2.43. The fourth-order valence-electron chi connectivity index (χ4n) is 4.95. The number of ether oxygens (including phenoxy) is 2. The number of hydrogen-bond donors (Lipinski definition) is 1. The van der Waals surface area contributed by atoms with Crippen molar-refractivity contribution in [2.75, 3.05) is 20.3 Å². The Morgan fingerprint density at radius 2 is 2.19 bits per heavy atom. The zero-order chi connectivity index (χ0) is 21.6. The average Bonchev–Trinajstić information content (AvgIpc) is 3.11. The first kappa shape index (κ1) is 15.0. The molecule has 1 aliphatic heterocycles. The molecule has 4 nitrogen and oxygen atoms in total. The molecule has 1 heterocycles. The number of nitrogens with zero attached hydrogens (tertiary/aromatic N) is 1. The van der Waals surface area contributed by atoms with Crippen molar-refractivity contribution in [1.82, 2.24) is 0 Å². The van der Waals surface area contributed by atoms with Gasteiger partial charge in [-0.25, -0.2) is 9.38 Å². The molecule has 6 heteroatoms. The van der Waals surface area contributed by atoms with Gasteiger partial charge in [-0.1, -0.05) is 6.07 Å². The maximum absolute atomic E-state index is 14.5. The normalized spacial score (nSPS) is 34.0. The Balaban J connectivity index is 1.66. The number of halogens is 2. The Hall–Kier alpha value is -1.95. The lowest BCUT2D eigenvalue weighted by Gasteiger charge is -2.45.